The standard InChI is InChI=1S/C16H24N2O2S/c1-11-6-13(19-4)14(20-5)7-12(11)8-21-15-17-9-16(2,3)10-18-15/h6-7H,8-10H2,1-5H3,(H,17,18). The van der Waals surface area contributed by atoms with Crippen molar-refractivity contribution in [3.8, 4) is 11.5 Å². The summed E-state index contributed by atoms with van der Waals surface area (Å²) in [6.07, 6.45) is 0. The minimum atomic E-state index is 0.253. The van der Waals surface area contributed by atoms with Crippen molar-refractivity contribution in [2.75, 3.05) is 27.3 Å². The number of thioether (sulfide) groups is 1. The van der Waals surface area contributed by atoms with Gasteiger partial charge in [-0.2, -0.15) is 0 Å². The second kappa shape index (κ2) is 6.60. The zero-order chi connectivity index (χ0) is 15.5. The number of methoxy groups -OCH3 is 2. The molecule has 2 rings (SSSR count). The number of amidine groups is 1. The SMILES string of the molecule is COc1cc(C)c(CSC2=NCC(C)(C)CN2)cc1OC. The number of ether oxygens (including phenoxy) is 2. The van der Waals surface area contributed by atoms with Crippen LogP contribution < -0.4 is 14.8 Å². The first-order valence-corrected chi connectivity index (χ1v) is 8.06. The molecule has 116 valence electrons. The second-order valence-electron chi connectivity index (χ2n) is 6.06. The van der Waals surface area contributed by atoms with Gasteiger partial charge in [0.15, 0.2) is 16.7 Å². The highest BCUT2D eigenvalue weighted by molar-refractivity contribution is 8.13. The van der Waals surface area contributed by atoms with Gasteiger partial charge in [0.05, 0.1) is 14.2 Å². The van der Waals surface area contributed by atoms with Crippen molar-refractivity contribution in [3.63, 3.8) is 0 Å². The Labute approximate surface area is 131 Å². The van der Waals surface area contributed by atoms with Crippen molar-refractivity contribution in [1.29, 1.82) is 0 Å². The first kappa shape index (κ1) is 16.0. The van der Waals surface area contributed by atoms with Gasteiger partial charge >= 0.3 is 0 Å². The summed E-state index contributed by atoms with van der Waals surface area (Å²) in [4.78, 5) is 4.62. The largest absolute Gasteiger partial charge is 0.493 e. The molecule has 0 atom stereocenters. The van der Waals surface area contributed by atoms with Gasteiger partial charge in [-0.3, -0.25) is 4.99 Å². The number of hydrogen-bond acceptors (Lipinski definition) is 5. The fraction of sp³-hybridized carbons (Fsp3) is 0.562. The molecule has 0 unspecified atom stereocenters. The van der Waals surface area contributed by atoms with Gasteiger partial charge in [0.25, 0.3) is 0 Å². The minimum absolute atomic E-state index is 0.253. The number of rotatable bonds is 4. The maximum absolute atomic E-state index is 5.37. The predicted molar refractivity (Wildman–Crippen MR) is 89.7 cm³/mol. The third kappa shape index (κ3) is 4.06. The lowest BCUT2D eigenvalue weighted by Gasteiger charge is -2.28. The van der Waals surface area contributed by atoms with Gasteiger partial charge < -0.3 is 14.8 Å². The molecular formula is C16H24N2O2S. The molecule has 0 amide bonds. The van der Waals surface area contributed by atoms with E-state index >= 15 is 0 Å². The Morgan fingerprint density at radius 3 is 2.48 bits per heavy atom. The lowest BCUT2D eigenvalue weighted by atomic mass is 9.93. The Hall–Kier alpha value is -1.36. The number of nitrogens with one attached hydrogen (secondary N) is 1. The lowest BCUT2D eigenvalue weighted by molar-refractivity contribution is 0.354. The summed E-state index contributed by atoms with van der Waals surface area (Å²) in [5.41, 5.74) is 2.70. The van der Waals surface area contributed by atoms with Crippen LogP contribution in [-0.4, -0.2) is 32.5 Å². The lowest BCUT2D eigenvalue weighted by Crippen LogP contribution is -2.39. The monoisotopic (exact) mass is 308 g/mol. The Morgan fingerprint density at radius 1 is 1.24 bits per heavy atom. The topological polar surface area (TPSA) is 42.8 Å². The van der Waals surface area contributed by atoms with Crippen LogP contribution in [0.2, 0.25) is 0 Å². The van der Waals surface area contributed by atoms with E-state index in [0.29, 0.717) is 0 Å². The highest BCUT2D eigenvalue weighted by Gasteiger charge is 2.22. The van der Waals surface area contributed by atoms with Gasteiger partial charge in [-0.1, -0.05) is 25.6 Å². The van der Waals surface area contributed by atoms with Crippen molar-refractivity contribution in [1.82, 2.24) is 5.32 Å². The van der Waals surface area contributed by atoms with E-state index in [2.05, 4.69) is 37.1 Å². The Bertz CT molecular complexity index is 541. The average Bonchev–Trinajstić information content (AvgIpc) is 2.46. The zero-order valence-electron chi connectivity index (χ0n) is 13.4. The number of hydrogen-bond donors (Lipinski definition) is 1. The van der Waals surface area contributed by atoms with Crippen LogP contribution in [0, 0.1) is 12.3 Å². The molecule has 1 aromatic carbocycles. The first-order valence-electron chi connectivity index (χ1n) is 7.08. The van der Waals surface area contributed by atoms with E-state index in [4.69, 9.17) is 9.47 Å². The van der Waals surface area contributed by atoms with Crippen molar-refractivity contribution >= 4 is 16.9 Å². The van der Waals surface area contributed by atoms with Crippen molar-refractivity contribution in [2.45, 2.75) is 26.5 Å². The molecule has 1 aromatic rings. The Kier molecular flexibility index (Phi) is 5.04. The van der Waals surface area contributed by atoms with Gasteiger partial charge in [-0.15, -0.1) is 0 Å². The number of aryl methyl sites for hydroxylation is 1. The molecule has 1 aliphatic heterocycles. The van der Waals surface area contributed by atoms with Crippen molar-refractivity contribution in [2.24, 2.45) is 10.4 Å². The highest BCUT2D eigenvalue weighted by Crippen LogP contribution is 2.32. The summed E-state index contributed by atoms with van der Waals surface area (Å²) in [5.74, 6) is 2.43. The van der Waals surface area contributed by atoms with Crippen molar-refractivity contribution in [3.05, 3.63) is 23.3 Å². The van der Waals surface area contributed by atoms with Crippen LogP contribution in [0.15, 0.2) is 17.1 Å². The Balaban J connectivity index is 2.05. The van der Waals surface area contributed by atoms with Crippen LogP contribution in [0.5, 0.6) is 11.5 Å². The highest BCUT2D eigenvalue weighted by atomic mass is 32.2. The number of benzene rings is 1. The smallest absolute Gasteiger partial charge is 0.161 e. The zero-order valence-corrected chi connectivity index (χ0v) is 14.3. The van der Waals surface area contributed by atoms with Crippen LogP contribution in [0.3, 0.4) is 0 Å². The van der Waals surface area contributed by atoms with E-state index in [1.165, 1.54) is 11.1 Å². The maximum Gasteiger partial charge on any atom is 0.161 e. The molecule has 0 saturated carbocycles. The summed E-state index contributed by atoms with van der Waals surface area (Å²) in [5, 5.41) is 4.44. The van der Waals surface area contributed by atoms with Gasteiger partial charge in [0, 0.05) is 24.3 Å². The summed E-state index contributed by atoms with van der Waals surface area (Å²) >= 11 is 1.74. The second-order valence-corrected chi connectivity index (χ2v) is 7.03. The molecule has 5 heteroatoms. The summed E-state index contributed by atoms with van der Waals surface area (Å²) < 4.78 is 10.7. The van der Waals surface area contributed by atoms with Crippen LogP contribution in [-0.2, 0) is 5.75 Å². The molecule has 0 aliphatic carbocycles. The molecule has 0 bridgehead atoms. The van der Waals surface area contributed by atoms with Gasteiger partial charge in [0.1, 0.15) is 0 Å². The molecule has 1 N–H and O–H groups in total. The number of nitrogens with zero attached hydrogens (tertiary/aromatic N) is 1. The van der Waals surface area contributed by atoms with E-state index in [9.17, 15) is 0 Å². The third-order valence-electron chi connectivity index (χ3n) is 3.58. The Morgan fingerprint density at radius 2 is 1.90 bits per heavy atom. The number of aliphatic imine (C=N–C) groups is 1. The molecule has 0 radical (unpaired) electrons. The fourth-order valence-electron chi connectivity index (χ4n) is 2.13. The summed E-state index contributed by atoms with van der Waals surface area (Å²) in [6, 6.07) is 4.07. The summed E-state index contributed by atoms with van der Waals surface area (Å²) in [6.45, 7) is 8.40. The average molecular weight is 308 g/mol. The van der Waals surface area contributed by atoms with Crippen LogP contribution >= 0.6 is 11.8 Å². The molecule has 0 saturated heterocycles. The fourth-order valence-corrected chi connectivity index (χ4v) is 3.07. The van der Waals surface area contributed by atoms with E-state index in [1.807, 2.05) is 6.07 Å². The summed E-state index contributed by atoms with van der Waals surface area (Å²) in [7, 11) is 3.33. The van der Waals surface area contributed by atoms with E-state index in [1.54, 1.807) is 26.0 Å². The third-order valence-corrected chi connectivity index (χ3v) is 4.58. The molecule has 0 fully saturated rings. The predicted octanol–water partition coefficient (Wildman–Crippen LogP) is 3.23. The molecule has 0 aromatic heterocycles. The van der Waals surface area contributed by atoms with Crippen LogP contribution in [0.25, 0.3) is 0 Å². The molecule has 4 nitrogen and oxygen atoms in total. The minimum Gasteiger partial charge on any atom is -0.493 e. The van der Waals surface area contributed by atoms with Crippen LogP contribution in [0.4, 0.5) is 0 Å². The molecular weight excluding hydrogens is 284 g/mol. The quantitative estimate of drug-likeness (QED) is 0.927. The molecule has 21 heavy (non-hydrogen) atoms. The van der Waals surface area contributed by atoms with Gasteiger partial charge in [-0.05, 0) is 30.2 Å². The van der Waals surface area contributed by atoms with E-state index in [-0.39, 0.29) is 5.41 Å². The van der Waals surface area contributed by atoms with E-state index < -0.39 is 0 Å². The molecule has 0 spiro atoms. The molecule has 1 heterocycles. The van der Waals surface area contributed by atoms with Gasteiger partial charge in [0.2, 0.25) is 0 Å². The maximum atomic E-state index is 5.37. The van der Waals surface area contributed by atoms with Crippen molar-refractivity contribution < 1.29 is 9.47 Å². The van der Waals surface area contributed by atoms with Crippen LogP contribution in [0.1, 0.15) is 25.0 Å². The molecule has 1 aliphatic rings. The first-order chi connectivity index (χ1) is 9.95. The van der Waals surface area contributed by atoms with Gasteiger partial charge in [-0.25, -0.2) is 0 Å². The normalized spacial score (nSPS) is 16.9. The van der Waals surface area contributed by atoms with E-state index in [0.717, 1.165) is 35.5 Å².